The van der Waals surface area contributed by atoms with Gasteiger partial charge in [-0.2, -0.15) is 0 Å². The van der Waals surface area contributed by atoms with Gasteiger partial charge in [0.1, 0.15) is 10.7 Å². The fourth-order valence-electron chi connectivity index (χ4n) is 1.53. The lowest BCUT2D eigenvalue weighted by Gasteiger charge is -2.09. The van der Waals surface area contributed by atoms with E-state index in [2.05, 4.69) is 10.3 Å². The number of hydrogen-bond donors (Lipinski definition) is 1. The molecule has 8 heteroatoms. The molecule has 0 atom stereocenters. The Morgan fingerprint density at radius 1 is 1.35 bits per heavy atom. The summed E-state index contributed by atoms with van der Waals surface area (Å²) in [5, 5.41) is 13.1. The summed E-state index contributed by atoms with van der Waals surface area (Å²) < 4.78 is 0. The lowest BCUT2D eigenvalue weighted by atomic mass is 10.1. The molecule has 2 rings (SSSR count). The van der Waals surface area contributed by atoms with Crippen LogP contribution in [-0.4, -0.2) is 21.8 Å². The summed E-state index contributed by atoms with van der Waals surface area (Å²) >= 11 is 5.58. The van der Waals surface area contributed by atoms with Crippen molar-refractivity contribution >= 4 is 39.8 Å². The number of rotatable bonds is 3. The number of halogens is 1. The molecule has 0 aliphatic carbocycles. The molecule has 0 unspecified atom stereocenters. The molecule has 0 aromatic heterocycles. The van der Waals surface area contributed by atoms with Gasteiger partial charge in [0.25, 0.3) is 11.6 Å². The number of ketones is 1. The molecular weight excluding hydrogens is 286 g/mol. The second-order valence-corrected chi connectivity index (χ2v) is 4.34. The summed E-state index contributed by atoms with van der Waals surface area (Å²) in [5.74, 6) is -1.05. The zero-order valence-electron chi connectivity index (χ0n) is 10.00. The Labute approximate surface area is 118 Å². The summed E-state index contributed by atoms with van der Waals surface area (Å²) in [4.78, 5) is 37.1. The van der Waals surface area contributed by atoms with Gasteiger partial charge in [-0.25, -0.2) is 4.99 Å². The van der Waals surface area contributed by atoms with E-state index in [4.69, 9.17) is 11.6 Å². The van der Waals surface area contributed by atoms with Crippen LogP contribution in [0.1, 0.15) is 6.42 Å². The molecule has 1 aromatic carbocycles. The van der Waals surface area contributed by atoms with Gasteiger partial charge in [-0.05, 0) is 12.1 Å². The van der Waals surface area contributed by atoms with Crippen LogP contribution in [0.4, 0.5) is 11.4 Å². The number of carbonyl (C=O) groups is 2. The van der Waals surface area contributed by atoms with Gasteiger partial charge in [-0.15, -0.1) is 0 Å². The number of Topliss-reactive ketones (excluding diaryl/α,β-unsaturated/α-hetero) is 1. The molecular formula is C12H8ClN3O4. The van der Waals surface area contributed by atoms with Crippen LogP contribution in [0.2, 0.25) is 0 Å². The third kappa shape index (κ3) is 3.07. The Balaban J connectivity index is 2.12. The lowest BCUT2D eigenvalue weighted by Crippen LogP contribution is -2.23. The van der Waals surface area contributed by atoms with Crippen molar-refractivity contribution in [2.24, 2.45) is 4.99 Å². The number of nitrogens with one attached hydrogen (secondary N) is 1. The number of hydrogen-bond acceptors (Lipinski definition) is 5. The van der Waals surface area contributed by atoms with Crippen LogP contribution >= 0.6 is 11.6 Å². The van der Waals surface area contributed by atoms with E-state index in [-0.39, 0.29) is 22.9 Å². The molecule has 0 fully saturated rings. The molecule has 102 valence electrons. The first-order valence-corrected chi connectivity index (χ1v) is 5.86. The second kappa shape index (κ2) is 5.62. The summed E-state index contributed by atoms with van der Waals surface area (Å²) in [6, 6.07) is 5.25. The van der Waals surface area contributed by atoms with Crippen LogP contribution in [-0.2, 0) is 9.59 Å². The van der Waals surface area contributed by atoms with Gasteiger partial charge >= 0.3 is 0 Å². The third-order valence-corrected chi connectivity index (χ3v) is 2.75. The van der Waals surface area contributed by atoms with Crippen molar-refractivity contribution in [2.75, 3.05) is 5.32 Å². The van der Waals surface area contributed by atoms with Crippen LogP contribution < -0.4 is 5.32 Å². The number of amides is 1. The highest BCUT2D eigenvalue weighted by Gasteiger charge is 2.22. The van der Waals surface area contributed by atoms with Crippen molar-refractivity contribution in [3.05, 3.63) is 46.2 Å². The van der Waals surface area contributed by atoms with Crippen molar-refractivity contribution in [1.82, 2.24) is 0 Å². The maximum atomic E-state index is 11.9. The summed E-state index contributed by atoms with van der Waals surface area (Å²) in [6.07, 6.45) is 0.996. The fourth-order valence-corrected chi connectivity index (χ4v) is 1.70. The standard InChI is InChI=1S/C12H8ClN3O4/c13-11-5-10(17)9(6-14-11)12(18)15-7-1-3-8(4-2-7)16(19)20/h1-4,6H,5H2,(H,15,18). The minimum atomic E-state index is -0.628. The Kier molecular flexibility index (Phi) is 3.90. The Morgan fingerprint density at radius 3 is 2.55 bits per heavy atom. The average Bonchev–Trinajstić information content (AvgIpc) is 2.39. The van der Waals surface area contributed by atoms with Crippen molar-refractivity contribution < 1.29 is 14.5 Å². The van der Waals surface area contributed by atoms with Crippen molar-refractivity contribution in [3.8, 4) is 0 Å². The number of nitrogens with zero attached hydrogens (tertiary/aromatic N) is 2. The molecule has 20 heavy (non-hydrogen) atoms. The number of anilines is 1. The first-order chi connectivity index (χ1) is 9.47. The average molecular weight is 294 g/mol. The molecule has 1 aliphatic rings. The van der Waals surface area contributed by atoms with E-state index in [1.807, 2.05) is 0 Å². The first kappa shape index (κ1) is 13.9. The van der Waals surface area contributed by atoms with Crippen LogP contribution in [0.15, 0.2) is 41.0 Å². The number of benzene rings is 1. The summed E-state index contributed by atoms with van der Waals surface area (Å²) in [5.41, 5.74) is 0.148. The van der Waals surface area contributed by atoms with Gasteiger partial charge in [0.2, 0.25) is 0 Å². The molecule has 0 spiro atoms. The number of non-ortho nitro benzene ring substituents is 1. The predicted octanol–water partition coefficient (Wildman–Crippen LogP) is 2.03. The van der Waals surface area contributed by atoms with Crippen molar-refractivity contribution in [2.45, 2.75) is 6.42 Å². The molecule has 1 N–H and O–H groups in total. The molecule has 1 amide bonds. The normalized spacial score (nSPS) is 14.3. The molecule has 0 radical (unpaired) electrons. The monoisotopic (exact) mass is 293 g/mol. The number of carbonyl (C=O) groups excluding carboxylic acids is 2. The number of nitro benzene ring substituents is 1. The van der Waals surface area contributed by atoms with Crippen molar-refractivity contribution in [1.29, 1.82) is 0 Å². The van der Waals surface area contributed by atoms with Gasteiger partial charge in [-0.3, -0.25) is 19.7 Å². The van der Waals surface area contributed by atoms with Crippen LogP contribution in [0, 0.1) is 10.1 Å². The van der Waals surface area contributed by atoms with E-state index in [1.54, 1.807) is 0 Å². The van der Waals surface area contributed by atoms with E-state index in [0.29, 0.717) is 5.69 Å². The molecule has 0 saturated carbocycles. The minimum Gasteiger partial charge on any atom is -0.322 e. The van der Waals surface area contributed by atoms with Gasteiger partial charge in [0.05, 0.1) is 11.3 Å². The van der Waals surface area contributed by atoms with Crippen molar-refractivity contribution in [3.63, 3.8) is 0 Å². The first-order valence-electron chi connectivity index (χ1n) is 5.48. The molecule has 0 saturated heterocycles. The predicted molar refractivity (Wildman–Crippen MR) is 72.7 cm³/mol. The number of aliphatic imine (C=N–C) groups is 1. The minimum absolute atomic E-state index is 0.0904. The zero-order valence-corrected chi connectivity index (χ0v) is 10.8. The van der Waals surface area contributed by atoms with Gasteiger partial charge in [0.15, 0.2) is 5.78 Å². The molecule has 1 heterocycles. The molecule has 7 nitrogen and oxygen atoms in total. The topological polar surface area (TPSA) is 102 Å². The highest BCUT2D eigenvalue weighted by molar-refractivity contribution is 6.67. The Morgan fingerprint density at radius 2 is 2.00 bits per heavy atom. The highest BCUT2D eigenvalue weighted by atomic mass is 35.5. The molecule has 1 aliphatic heterocycles. The van der Waals surface area contributed by atoms with E-state index in [0.717, 1.165) is 6.20 Å². The summed E-state index contributed by atoms with van der Waals surface area (Å²) in [6.45, 7) is 0. The maximum absolute atomic E-state index is 11.9. The van der Waals surface area contributed by atoms with E-state index in [1.165, 1.54) is 24.3 Å². The van der Waals surface area contributed by atoms with Gasteiger partial charge in [0, 0.05) is 24.0 Å². The van der Waals surface area contributed by atoms with Crippen LogP contribution in [0.25, 0.3) is 0 Å². The summed E-state index contributed by atoms with van der Waals surface area (Å²) in [7, 11) is 0. The van der Waals surface area contributed by atoms with Gasteiger partial charge in [-0.1, -0.05) is 11.6 Å². The number of nitro groups is 1. The maximum Gasteiger partial charge on any atom is 0.269 e. The lowest BCUT2D eigenvalue weighted by molar-refractivity contribution is -0.384. The smallest absolute Gasteiger partial charge is 0.269 e. The fraction of sp³-hybridized carbons (Fsp3) is 0.0833. The van der Waals surface area contributed by atoms with E-state index >= 15 is 0 Å². The second-order valence-electron chi connectivity index (χ2n) is 3.91. The zero-order chi connectivity index (χ0) is 14.7. The quantitative estimate of drug-likeness (QED) is 0.523. The van der Waals surface area contributed by atoms with E-state index in [9.17, 15) is 19.7 Å². The Hall–Kier alpha value is -2.54. The van der Waals surface area contributed by atoms with Crippen LogP contribution in [0.5, 0.6) is 0 Å². The van der Waals surface area contributed by atoms with E-state index < -0.39 is 16.6 Å². The molecule has 1 aromatic rings. The van der Waals surface area contributed by atoms with Crippen LogP contribution in [0.3, 0.4) is 0 Å². The Bertz CT molecular complexity index is 649. The highest BCUT2D eigenvalue weighted by Crippen LogP contribution is 2.17. The van der Waals surface area contributed by atoms with Gasteiger partial charge < -0.3 is 5.32 Å². The SMILES string of the molecule is O=C1CC(Cl)=NC=C1C(=O)Nc1ccc([N+](=O)[O-])cc1. The third-order valence-electron chi connectivity index (χ3n) is 2.52. The molecule has 0 bridgehead atoms. The largest absolute Gasteiger partial charge is 0.322 e.